The molecule has 142 valence electrons. The summed E-state index contributed by atoms with van der Waals surface area (Å²) in [5, 5.41) is 3.42. The number of nitrogens with one attached hydrogen (secondary N) is 1. The van der Waals surface area contributed by atoms with Crippen LogP contribution in [0.25, 0.3) is 0 Å². The lowest BCUT2D eigenvalue weighted by molar-refractivity contribution is 0.0765. The lowest BCUT2D eigenvalue weighted by atomic mass is 9.93. The fourth-order valence-electron chi connectivity index (χ4n) is 4.32. The number of carbonyl (C=O) groups is 1. The van der Waals surface area contributed by atoms with Gasteiger partial charge in [-0.2, -0.15) is 0 Å². The summed E-state index contributed by atoms with van der Waals surface area (Å²) < 4.78 is 0. The first-order chi connectivity index (χ1) is 13.2. The molecule has 1 aromatic carbocycles. The Bertz CT molecular complexity index is 800. The van der Waals surface area contributed by atoms with Crippen LogP contribution in [0.1, 0.15) is 40.2 Å². The average Bonchev–Trinajstić information content (AvgIpc) is 3.13. The van der Waals surface area contributed by atoms with E-state index in [0.29, 0.717) is 5.92 Å². The Morgan fingerprint density at radius 2 is 2.04 bits per heavy atom. The molecular formula is C22H28N4O. The van der Waals surface area contributed by atoms with Crippen LogP contribution >= 0.6 is 0 Å². The van der Waals surface area contributed by atoms with Crippen molar-refractivity contribution < 1.29 is 4.79 Å². The van der Waals surface area contributed by atoms with Gasteiger partial charge in [0.15, 0.2) is 0 Å². The molecule has 3 heterocycles. The summed E-state index contributed by atoms with van der Waals surface area (Å²) in [7, 11) is 0. The Balaban J connectivity index is 1.50. The molecule has 0 aliphatic carbocycles. The summed E-state index contributed by atoms with van der Waals surface area (Å²) in [6.07, 6.45) is 5.86. The smallest absolute Gasteiger partial charge is 0.254 e. The van der Waals surface area contributed by atoms with Gasteiger partial charge >= 0.3 is 0 Å². The molecule has 5 heteroatoms. The van der Waals surface area contributed by atoms with Crippen molar-refractivity contribution in [2.45, 2.75) is 25.7 Å². The second kappa shape index (κ2) is 8.09. The highest BCUT2D eigenvalue weighted by molar-refractivity contribution is 5.96. The number of carbonyl (C=O) groups excluding carboxylic acids is 1. The van der Waals surface area contributed by atoms with Gasteiger partial charge in [-0.15, -0.1) is 0 Å². The first kappa shape index (κ1) is 18.0. The minimum Gasteiger partial charge on any atom is -0.369 e. The summed E-state index contributed by atoms with van der Waals surface area (Å²) in [5.74, 6) is 0.638. The van der Waals surface area contributed by atoms with Gasteiger partial charge in [0.05, 0.1) is 0 Å². The van der Waals surface area contributed by atoms with Crippen LogP contribution in [0.2, 0.25) is 0 Å². The van der Waals surface area contributed by atoms with E-state index >= 15 is 0 Å². The van der Waals surface area contributed by atoms with E-state index in [9.17, 15) is 4.79 Å². The molecule has 5 nitrogen and oxygen atoms in total. The van der Waals surface area contributed by atoms with Crippen molar-refractivity contribution in [3.63, 3.8) is 0 Å². The van der Waals surface area contributed by atoms with Gasteiger partial charge in [-0.25, -0.2) is 0 Å². The van der Waals surface area contributed by atoms with Crippen molar-refractivity contribution in [3.8, 4) is 0 Å². The average molecular weight is 364 g/mol. The van der Waals surface area contributed by atoms with Gasteiger partial charge in [-0.1, -0.05) is 18.2 Å². The zero-order valence-electron chi connectivity index (χ0n) is 16.0. The predicted octanol–water partition coefficient (Wildman–Crippen LogP) is 2.82. The molecule has 0 unspecified atom stereocenters. The molecule has 2 aliphatic rings. The Morgan fingerprint density at radius 3 is 2.85 bits per heavy atom. The zero-order valence-corrected chi connectivity index (χ0v) is 16.0. The van der Waals surface area contributed by atoms with E-state index < -0.39 is 0 Å². The number of anilines is 1. The van der Waals surface area contributed by atoms with E-state index in [1.165, 1.54) is 16.8 Å². The molecule has 2 fully saturated rings. The molecule has 2 saturated heterocycles. The Hall–Kier alpha value is -2.40. The minimum atomic E-state index is 0.186. The van der Waals surface area contributed by atoms with Crippen LogP contribution in [-0.2, 0) is 0 Å². The van der Waals surface area contributed by atoms with Gasteiger partial charge in [0.1, 0.15) is 0 Å². The Labute approximate surface area is 161 Å². The minimum absolute atomic E-state index is 0.186. The lowest BCUT2D eigenvalue weighted by Crippen LogP contribution is -2.36. The largest absolute Gasteiger partial charge is 0.369 e. The maximum Gasteiger partial charge on any atom is 0.254 e. The van der Waals surface area contributed by atoms with Crippen LogP contribution in [0.3, 0.4) is 0 Å². The molecule has 2 aliphatic heterocycles. The van der Waals surface area contributed by atoms with Gasteiger partial charge in [0.25, 0.3) is 5.91 Å². The van der Waals surface area contributed by atoms with Crippen LogP contribution < -0.4 is 10.2 Å². The fourth-order valence-corrected chi connectivity index (χ4v) is 4.32. The highest BCUT2D eigenvalue weighted by Gasteiger charge is 2.26. The number of hydrogen-bond acceptors (Lipinski definition) is 4. The lowest BCUT2D eigenvalue weighted by Gasteiger charge is -2.25. The summed E-state index contributed by atoms with van der Waals surface area (Å²) in [6, 6.07) is 10.3. The first-order valence-electron chi connectivity index (χ1n) is 9.98. The standard InChI is InChI=1S/C22H28N4O/c1-17-15-23-10-8-21(17)25-11-4-12-26(14-13-25)22(27)20-6-3-2-5-19(20)18-7-9-24-16-18/h2-3,5-6,8,10,15,18,24H,4,7,9,11-14,16H2,1H3/t18-/m0/s1. The number of hydrogen-bond donors (Lipinski definition) is 1. The van der Waals surface area contributed by atoms with Gasteiger partial charge in [0.2, 0.25) is 0 Å². The molecule has 1 amide bonds. The highest BCUT2D eigenvalue weighted by atomic mass is 16.2. The molecule has 0 radical (unpaired) electrons. The van der Waals surface area contributed by atoms with E-state index in [0.717, 1.165) is 57.7 Å². The summed E-state index contributed by atoms with van der Waals surface area (Å²) in [6.45, 7) is 7.53. The van der Waals surface area contributed by atoms with Crippen LogP contribution in [0, 0.1) is 6.92 Å². The Kier molecular flexibility index (Phi) is 5.39. The van der Waals surface area contributed by atoms with Gasteiger partial charge in [-0.3, -0.25) is 9.78 Å². The number of pyridine rings is 1. The molecule has 0 saturated carbocycles. The molecule has 0 spiro atoms. The Morgan fingerprint density at radius 1 is 1.15 bits per heavy atom. The topological polar surface area (TPSA) is 48.5 Å². The third kappa shape index (κ3) is 3.83. The van der Waals surface area contributed by atoms with E-state index in [4.69, 9.17) is 0 Å². The summed E-state index contributed by atoms with van der Waals surface area (Å²) in [4.78, 5) is 21.9. The number of aryl methyl sites for hydroxylation is 1. The molecule has 1 atom stereocenters. The maximum atomic E-state index is 13.3. The summed E-state index contributed by atoms with van der Waals surface area (Å²) in [5.41, 5.74) is 4.52. The van der Waals surface area contributed by atoms with Gasteiger partial charge in [0, 0.05) is 56.4 Å². The monoisotopic (exact) mass is 364 g/mol. The fraction of sp³-hybridized carbons (Fsp3) is 0.455. The maximum absolute atomic E-state index is 13.3. The number of benzene rings is 1. The van der Waals surface area contributed by atoms with Gasteiger partial charge < -0.3 is 15.1 Å². The summed E-state index contributed by atoms with van der Waals surface area (Å²) >= 11 is 0. The van der Waals surface area contributed by atoms with Crippen molar-refractivity contribution in [2.24, 2.45) is 0 Å². The van der Waals surface area contributed by atoms with Gasteiger partial charge in [-0.05, 0) is 55.5 Å². The molecular weight excluding hydrogens is 336 g/mol. The molecule has 27 heavy (non-hydrogen) atoms. The van der Waals surface area contributed by atoms with E-state index in [-0.39, 0.29) is 5.91 Å². The van der Waals surface area contributed by atoms with Crippen molar-refractivity contribution in [1.82, 2.24) is 15.2 Å². The molecule has 1 N–H and O–H groups in total. The van der Waals surface area contributed by atoms with Crippen molar-refractivity contribution in [3.05, 3.63) is 59.4 Å². The van der Waals surface area contributed by atoms with E-state index in [1.807, 2.05) is 29.4 Å². The van der Waals surface area contributed by atoms with Crippen molar-refractivity contribution in [1.29, 1.82) is 0 Å². The van der Waals surface area contributed by atoms with Crippen molar-refractivity contribution >= 4 is 11.6 Å². The molecule has 4 rings (SSSR count). The normalized spacial score (nSPS) is 20.6. The predicted molar refractivity (Wildman–Crippen MR) is 108 cm³/mol. The molecule has 1 aromatic heterocycles. The number of rotatable bonds is 3. The molecule has 0 bridgehead atoms. The van der Waals surface area contributed by atoms with Crippen LogP contribution in [-0.4, -0.2) is 55.1 Å². The first-order valence-corrected chi connectivity index (χ1v) is 9.98. The van der Waals surface area contributed by atoms with Crippen molar-refractivity contribution in [2.75, 3.05) is 44.2 Å². The SMILES string of the molecule is Cc1cnccc1N1CCCN(C(=O)c2ccccc2[C@H]2CCNC2)CC1. The van der Waals surface area contributed by atoms with Crippen LogP contribution in [0.5, 0.6) is 0 Å². The second-order valence-electron chi connectivity index (χ2n) is 7.57. The second-order valence-corrected chi connectivity index (χ2v) is 7.57. The molecule has 2 aromatic rings. The number of nitrogens with zero attached hydrogens (tertiary/aromatic N) is 3. The quantitative estimate of drug-likeness (QED) is 0.910. The highest BCUT2D eigenvalue weighted by Crippen LogP contribution is 2.27. The van der Waals surface area contributed by atoms with E-state index in [2.05, 4.69) is 40.3 Å². The zero-order chi connectivity index (χ0) is 18.6. The van der Waals surface area contributed by atoms with E-state index in [1.54, 1.807) is 0 Å². The van der Waals surface area contributed by atoms with Crippen LogP contribution in [0.15, 0.2) is 42.7 Å². The third-order valence-electron chi connectivity index (χ3n) is 5.81. The number of aromatic nitrogens is 1. The third-order valence-corrected chi connectivity index (χ3v) is 5.81. The number of amides is 1. The van der Waals surface area contributed by atoms with Crippen LogP contribution in [0.4, 0.5) is 5.69 Å².